The Morgan fingerprint density at radius 1 is 0.303 bits per heavy atom. The van der Waals surface area contributed by atoms with Gasteiger partial charge in [0.25, 0.3) is 0 Å². The summed E-state index contributed by atoms with van der Waals surface area (Å²) >= 11 is 0. The Kier molecular flexibility index (Phi) is 15.1. The fraction of sp³-hybridized carbons (Fsp3) is 0.303. The largest absolute Gasteiger partial charge is 0.491 e. The summed E-state index contributed by atoms with van der Waals surface area (Å²) in [5, 5.41) is 0. The number of terminal acetylenes is 1. The highest BCUT2D eigenvalue weighted by atomic mass is 16.6. The van der Waals surface area contributed by atoms with Crippen molar-refractivity contribution in [3.8, 4) is 47.2 Å². The summed E-state index contributed by atoms with van der Waals surface area (Å²) in [6.45, 7) is 6.33. The molecule has 0 amide bonds. The van der Waals surface area contributed by atoms with E-state index in [1.807, 2.05) is 36.4 Å². The van der Waals surface area contributed by atoms with Crippen molar-refractivity contribution in [2.24, 2.45) is 0 Å². The lowest BCUT2D eigenvalue weighted by atomic mass is 9.55. The predicted octanol–water partition coefficient (Wildman–Crippen LogP) is 10.4. The van der Waals surface area contributed by atoms with E-state index >= 15 is 0 Å². The van der Waals surface area contributed by atoms with E-state index in [-0.39, 0.29) is 36.9 Å². The second-order valence-electron chi connectivity index (χ2n) is 19.3. The van der Waals surface area contributed by atoms with Crippen molar-refractivity contribution >= 4 is 0 Å². The minimum Gasteiger partial charge on any atom is -0.491 e. The molecule has 0 saturated carbocycles. The third-order valence-electron chi connectivity index (χ3n) is 15.0. The minimum atomic E-state index is 0.0103. The Balaban J connectivity index is 0.850. The molecule has 0 radical (unpaired) electrons. The molecule has 0 aromatic heterocycles. The summed E-state index contributed by atoms with van der Waals surface area (Å²) in [5.41, 5.74) is 18.4. The monoisotopic (exact) mass is 1010 g/mol. The number of hydrogen-bond acceptors (Lipinski definition) is 10. The van der Waals surface area contributed by atoms with Crippen LogP contribution in [0.3, 0.4) is 0 Å². The van der Waals surface area contributed by atoms with Gasteiger partial charge in [-0.25, -0.2) is 0 Å². The molecule has 0 atom stereocenters. The van der Waals surface area contributed by atoms with Crippen molar-refractivity contribution in [1.82, 2.24) is 0 Å². The highest BCUT2D eigenvalue weighted by molar-refractivity contribution is 5.79. The van der Waals surface area contributed by atoms with Crippen LogP contribution >= 0.6 is 0 Å². The van der Waals surface area contributed by atoms with Crippen molar-refractivity contribution in [1.29, 1.82) is 0 Å². The van der Waals surface area contributed by atoms with E-state index in [4.69, 9.17) is 53.8 Å². The molecule has 6 aliphatic carbocycles. The summed E-state index contributed by atoms with van der Waals surface area (Å²) in [7, 11) is 0. The van der Waals surface area contributed by atoms with Crippen LogP contribution in [-0.2, 0) is 28.4 Å². The van der Waals surface area contributed by atoms with Crippen LogP contribution in [-0.4, -0.2) is 106 Å². The fourth-order valence-corrected chi connectivity index (χ4v) is 11.8. The first-order valence-electron chi connectivity index (χ1n) is 26.6. The molecule has 17 rings (SSSR count). The summed E-state index contributed by atoms with van der Waals surface area (Å²) in [6.07, 6.45) is 6.20. The normalized spacial score (nSPS) is 20.6. The van der Waals surface area contributed by atoms with Crippen LogP contribution in [0, 0.1) is 24.2 Å². The van der Waals surface area contributed by atoms with Gasteiger partial charge in [-0.15, -0.1) is 6.42 Å². The van der Waals surface area contributed by atoms with Gasteiger partial charge in [0.05, 0.1) is 90.4 Å². The zero-order chi connectivity index (χ0) is 51.0. The van der Waals surface area contributed by atoms with Gasteiger partial charge >= 0.3 is 0 Å². The van der Waals surface area contributed by atoms with Crippen molar-refractivity contribution in [2.45, 2.75) is 23.7 Å². The van der Waals surface area contributed by atoms with Crippen molar-refractivity contribution < 1.29 is 47.4 Å². The molecule has 4 heterocycles. The van der Waals surface area contributed by atoms with Gasteiger partial charge in [-0.1, -0.05) is 121 Å². The van der Waals surface area contributed by atoms with Gasteiger partial charge in [-0.3, -0.25) is 0 Å². The maximum atomic E-state index is 6.56. The molecule has 0 saturated heterocycles. The smallest absolute Gasteiger partial charge is 0.136 e. The third kappa shape index (κ3) is 9.97. The maximum Gasteiger partial charge on any atom is 0.136 e. The predicted molar refractivity (Wildman–Crippen MR) is 290 cm³/mol. The summed E-state index contributed by atoms with van der Waals surface area (Å²) in [6, 6.07) is 49.9. The van der Waals surface area contributed by atoms with Crippen LogP contribution in [0.5, 0.6) is 23.0 Å². The Morgan fingerprint density at radius 2 is 0.605 bits per heavy atom. The second-order valence-corrected chi connectivity index (χ2v) is 19.3. The number of benzene rings is 7. The molecule has 10 aliphatic rings. The summed E-state index contributed by atoms with van der Waals surface area (Å²) < 4.78 is 59.5. The molecule has 0 unspecified atom stereocenters. The van der Waals surface area contributed by atoms with Gasteiger partial charge in [-0.05, 0) is 91.0 Å². The first kappa shape index (κ1) is 49.5. The quantitative estimate of drug-likeness (QED) is 0.137. The van der Waals surface area contributed by atoms with Crippen molar-refractivity contribution in [3.63, 3.8) is 0 Å². The lowest BCUT2D eigenvalue weighted by Crippen LogP contribution is -2.33. The molecule has 0 fully saturated rings. The first-order chi connectivity index (χ1) is 37.7. The van der Waals surface area contributed by atoms with Crippen LogP contribution < -0.4 is 18.9 Å². The number of ether oxygens (including phenoxy) is 10. The van der Waals surface area contributed by atoms with E-state index < -0.39 is 0 Å². The van der Waals surface area contributed by atoms with Gasteiger partial charge in [0.15, 0.2) is 0 Å². The van der Waals surface area contributed by atoms with E-state index in [0.29, 0.717) is 115 Å². The number of hydrogen-bond donors (Lipinski definition) is 0. The van der Waals surface area contributed by atoms with Gasteiger partial charge in [0.2, 0.25) is 0 Å². The van der Waals surface area contributed by atoms with Gasteiger partial charge in [0, 0.05) is 41.4 Å². The van der Waals surface area contributed by atoms with Crippen LogP contribution in [0.25, 0.3) is 0 Å². The lowest BCUT2D eigenvalue weighted by Gasteiger charge is -2.47. The van der Waals surface area contributed by atoms with Crippen LogP contribution in [0.15, 0.2) is 140 Å². The summed E-state index contributed by atoms with van der Waals surface area (Å²) in [5.74, 6) is 13.2. The molecule has 10 heteroatoms. The minimum absolute atomic E-state index is 0.0103. The summed E-state index contributed by atoms with van der Waals surface area (Å²) in [4.78, 5) is 0. The highest BCUT2D eigenvalue weighted by Crippen LogP contribution is 2.62. The lowest BCUT2D eigenvalue weighted by molar-refractivity contribution is 0.00466. The Bertz CT molecular complexity index is 3090. The highest BCUT2D eigenvalue weighted by Gasteiger charge is 2.48. The fourth-order valence-electron chi connectivity index (χ4n) is 11.8. The molecular weight excluding hydrogens is 953 g/mol. The Morgan fingerprint density at radius 3 is 0.961 bits per heavy atom. The van der Waals surface area contributed by atoms with Crippen LogP contribution in [0.1, 0.15) is 107 Å². The average molecular weight is 1010 g/mol. The molecule has 10 nitrogen and oxygen atoms in total. The van der Waals surface area contributed by atoms with Gasteiger partial charge in [-0.2, -0.15) is 0 Å². The SMILES string of the molecule is C#Cc1cc2c(C#Cc3c4c(cc5c3C3c6ccccc6C5c5ccccc53)C3c5ccccc5C4c4ccccc43)cc1OCCOCCOCCOCCOc1ccc(cc1)OCCOCCOCCOCCO2. The standard InChI is InChI=1S/C66H60O10/c1-2-44-41-60-45(42-59(44)75-39-35-71-31-27-67-25-29-69-33-37-73-46-20-22-47(23-21-46)74-38-34-70-30-26-68-28-32-72-36-40-76-60)19-24-56-65-57(61-48-11-3-7-15-52(48)63(65)53-16-8-4-12-49(53)61)43-58-62-50-13-5-9-17-54(50)64(66(56)58)55-18-10-6-14-51(55)62/h1,3-18,20-23,41-43,61-64H,25-40H2. The molecular formula is C66H60O10. The van der Waals surface area contributed by atoms with Gasteiger partial charge in [0.1, 0.15) is 49.4 Å². The van der Waals surface area contributed by atoms with E-state index in [1.165, 1.54) is 66.8 Å². The molecule has 0 N–H and O–H groups in total. The van der Waals surface area contributed by atoms with E-state index in [0.717, 1.165) is 17.1 Å². The van der Waals surface area contributed by atoms with Crippen molar-refractivity contribution in [2.75, 3.05) is 106 Å². The zero-order valence-electron chi connectivity index (χ0n) is 42.6. The number of rotatable bonds is 0. The second kappa shape index (κ2) is 23.2. The molecule has 4 aliphatic heterocycles. The molecule has 7 aromatic carbocycles. The maximum absolute atomic E-state index is 6.56. The molecule has 384 valence electrons. The van der Waals surface area contributed by atoms with E-state index in [9.17, 15) is 0 Å². The van der Waals surface area contributed by atoms with E-state index in [1.54, 1.807) is 0 Å². The Labute approximate surface area is 445 Å². The zero-order valence-corrected chi connectivity index (χ0v) is 42.6. The third-order valence-corrected chi connectivity index (χ3v) is 15.0. The van der Waals surface area contributed by atoms with Crippen LogP contribution in [0.4, 0.5) is 0 Å². The van der Waals surface area contributed by atoms with E-state index in [2.05, 4.69) is 121 Å². The molecule has 0 spiro atoms. The van der Waals surface area contributed by atoms with Crippen molar-refractivity contribution in [3.05, 3.63) is 223 Å². The van der Waals surface area contributed by atoms with Crippen LogP contribution in [0.2, 0.25) is 0 Å². The Hall–Kier alpha value is -7.38. The molecule has 8 bridgehead atoms. The molecule has 76 heavy (non-hydrogen) atoms. The average Bonchev–Trinajstić information content (AvgIpc) is 3.66. The molecule has 7 aromatic rings. The topological polar surface area (TPSA) is 92.3 Å². The first-order valence-corrected chi connectivity index (χ1v) is 26.6. The van der Waals surface area contributed by atoms with Gasteiger partial charge < -0.3 is 47.4 Å².